The highest BCUT2D eigenvalue weighted by molar-refractivity contribution is 5.80. The Morgan fingerprint density at radius 1 is 1.13 bits per heavy atom. The molecule has 1 N–H and O–H groups in total. The summed E-state index contributed by atoms with van der Waals surface area (Å²) < 4.78 is 10.6. The van der Waals surface area contributed by atoms with Crippen LogP contribution >= 0.6 is 0 Å². The number of aliphatic imine (C=N–C) groups is 1. The first-order chi connectivity index (χ1) is 14.7. The van der Waals surface area contributed by atoms with Crippen LogP contribution in [0.25, 0.3) is 0 Å². The maximum absolute atomic E-state index is 11.9. The highest BCUT2D eigenvalue weighted by Crippen LogP contribution is 2.27. The fourth-order valence-corrected chi connectivity index (χ4v) is 4.20. The molecule has 0 aromatic heterocycles. The van der Waals surface area contributed by atoms with Crippen LogP contribution < -0.4 is 10.1 Å². The number of hydrogen-bond acceptors (Lipinski definition) is 5. The van der Waals surface area contributed by atoms with Crippen molar-refractivity contribution in [3.05, 3.63) is 29.8 Å². The minimum atomic E-state index is -0.229. The van der Waals surface area contributed by atoms with Crippen molar-refractivity contribution in [2.75, 3.05) is 66.6 Å². The summed E-state index contributed by atoms with van der Waals surface area (Å²) in [6.45, 7) is 8.01. The van der Waals surface area contributed by atoms with Crippen molar-refractivity contribution < 1.29 is 14.3 Å². The SMILES string of the molecule is CCOC(=O)N1CCN(C(=NC)NCC(c2cccc(OC)c2)N2CCCC2)CC1. The molecule has 2 saturated heterocycles. The van der Waals surface area contributed by atoms with Crippen LogP contribution in [0.5, 0.6) is 5.75 Å². The van der Waals surface area contributed by atoms with Gasteiger partial charge in [0, 0.05) is 39.8 Å². The molecule has 2 aliphatic heterocycles. The van der Waals surface area contributed by atoms with E-state index in [1.54, 1.807) is 12.0 Å². The number of piperazine rings is 1. The Morgan fingerprint density at radius 2 is 1.83 bits per heavy atom. The summed E-state index contributed by atoms with van der Waals surface area (Å²) in [6, 6.07) is 8.61. The van der Waals surface area contributed by atoms with Gasteiger partial charge in [-0.1, -0.05) is 12.1 Å². The molecule has 0 radical (unpaired) electrons. The summed E-state index contributed by atoms with van der Waals surface area (Å²) in [7, 11) is 3.52. The topological polar surface area (TPSA) is 69.6 Å². The molecule has 1 atom stereocenters. The van der Waals surface area contributed by atoms with Crippen molar-refractivity contribution in [3.8, 4) is 5.75 Å². The van der Waals surface area contributed by atoms with E-state index in [9.17, 15) is 4.79 Å². The van der Waals surface area contributed by atoms with Gasteiger partial charge in [-0.25, -0.2) is 4.79 Å². The quantitative estimate of drug-likeness (QED) is 0.565. The van der Waals surface area contributed by atoms with E-state index in [-0.39, 0.29) is 12.1 Å². The first kappa shape index (κ1) is 22.2. The van der Waals surface area contributed by atoms with Gasteiger partial charge in [-0.3, -0.25) is 9.89 Å². The summed E-state index contributed by atoms with van der Waals surface area (Å²) >= 11 is 0. The van der Waals surface area contributed by atoms with Crippen LogP contribution in [0.15, 0.2) is 29.3 Å². The van der Waals surface area contributed by atoms with E-state index in [0.717, 1.165) is 44.4 Å². The molecule has 1 amide bonds. The van der Waals surface area contributed by atoms with Gasteiger partial charge in [0.05, 0.1) is 19.8 Å². The van der Waals surface area contributed by atoms with Crippen LogP contribution in [0.2, 0.25) is 0 Å². The number of nitrogens with one attached hydrogen (secondary N) is 1. The van der Waals surface area contributed by atoms with Crippen LogP contribution in [-0.4, -0.2) is 93.3 Å². The smallest absolute Gasteiger partial charge is 0.409 e. The number of rotatable bonds is 6. The number of carbonyl (C=O) groups excluding carboxylic acids is 1. The van der Waals surface area contributed by atoms with Gasteiger partial charge in [0.1, 0.15) is 5.75 Å². The average Bonchev–Trinajstić information content (AvgIpc) is 3.32. The van der Waals surface area contributed by atoms with Crippen LogP contribution in [0.4, 0.5) is 4.79 Å². The summed E-state index contributed by atoms with van der Waals surface area (Å²) in [5, 5.41) is 3.58. The number of nitrogens with zero attached hydrogens (tertiary/aromatic N) is 4. The van der Waals surface area contributed by atoms with E-state index in [4.69, 9.17) is 9.47 Å². The van der Waals surface area contributed by atoms with Crippen LogP contribution in [0.3, 0.4) is 0 Å². The van der Waals surface area contributed by atoms with E-state index in [2.05, 4.69) is 38.3 Å². The summed E-state index contributed by atoms with van der Waals surface area (Å²) in [4.78, 5) is 22.9. The highest BCUT2D eigenvalue weighted by Gasteiger charge is 2.27. The van der Waals surface area contributed by atoms with E-state index >= 15 is 0 Å². The number of carbonyl (C=O) groups is 1. The van der Waals surface area contributed by atoms with Gasteiger partial charge in [-0.2, -0.15) is 0 Å². The van der Waals surface area contributed by atoms with Crippen LogP contribution in [-0.2, 0) is 4.74 Å². The summed E-state index contributed by atoms with van der Waals surface area (Å²) in [5.74, 6) is 1.77. The predicted octanol–water partition coefficient (Wildman–Crippen LogP) is 2.18. The maximum atomic E-state index is 11.9. The van der Waals surface area contributed by atoms with Gasteiger partial charge in [0.15, 0.2) is 5.96 Å². The van der Waals surface area contributed by atoms with Crippen molar-refractivity contribution in [3.63, 3.8) is 0 Å². The second-order valence-electron chi connectivity index (χ2n) is 7.64. The zero-order valence-electron chi connectivity index (χ0n) is 18.5. The molecule has 2 fully saturated rings. The van der Waals surface area contributed by atoms with Crippen molar-refractivity contribution in [2.24, 2.45) is 4.99 Å². The molecule has 0 bridgehead atoms. The van der Waals surface area contributed by atoms with Gasteiger partial charge in [0.25, 0.3) is 0 Å². The zero-order chi connectivity index (χ0) is 21.3. The van der Waals surface area contributed by atoms with Crippen molar-refractivity contribution in [1.29, 1.82) is 0 Å². The third-order valence-corrected chi connectivity index (χ3v) is 5.83. The molecule has 0 saturated carbocycles. The van der Waals surface area contributed by atoms with Crippen molar-refractivity contribution >= 4 is 12.1 Å². The van der Waals surface area contributed by atoms with E-state index in [0.29, 0.717) is 19.7 Å². The number of likely N-dealkylation sites (tertiary alicyclic amines) is 1. The van der Waals surface area contributed by atoms with E-state index in [1.165, 1.54) is 18.4 Å². The third-order valence-electron chi connectivity index (χ3n) is 5.83. The average molecular weight is 418 g/mol. The van der Waals surface area contributed by atoms with Gasteiger partial charge in [-0.05, 0) is 50.6 Å². The highest BCUT2D eigenvalue weighted by atomic mass is 16.6. The Morgan fingerprint density at radius 3 is 2.47 bits per heavy atom. The van der Waals surface area contributed by atoms with Gasteiger partial charge < -0.3 is 24.6 Å². The van der Waals surface area contributed by atoms with E-state index in [1.807, 2.05) is 20.0 Å². The van der Waals surface area contributed by atoms with Crippen LogP contribution in [0, 0.1) is 0 Å². The second-order valence-corrected chi connectivity index (χ2v) is 7.64. The Hall–Kier alpha value is -2.48. The predicted molar refractivity (Wildman–Crippen MR) is 118 cm³/mol. The molecule has 0 spiro atoms. The Bertz CT molecular complexity index is 712. The number of amides is 1. The standard InChI is InChI=1S/C22H35N5O3/c1-4-30-22(28)27-14-12-26(13-15-27)21(23-2)24-17-20(25-10-5-6-11-25)18-8-7-9-19(16-18)29-3/h7-9,16,20H,4-6,10-15,17H2,1-3H3,(H,23,24). The molecule has 1 unspecified atom stereocenters. The molecule has 30 heavy (non-hydrogen) atoms. The molecule has 1 aromatic carbocycles. The number of ether oxygens (including phenoxy) is 2. The fourth-order valence-electron chi connectivity index (χ4n) is 4.20. The lowest BCUT2D eigenvalue weighted by molar-refractivity contribution is 0.0913. The van der Waals surface area contributed by atoms with Crippen molar-refractivity contribution in [2.45, 2.75) is 25.8 Å². The Kier molecular flexibility index (Phi) is 8.19. The minimum absolute atomic E-state index is 0.229. The summed E-state index contributed by atoms with van der Waals surface area (Å²) in [6.07, 6.45) is 2.25. The van der Waals surface area contributed by atoms with E-state index < -0.39 is 0 Å². The molecule has 3 rings (SSSR count). The molecule has 166 valence electrons. The lowest BCUT2D eigenvalue weighted by atomic mass is 10.1. The Balaban J connectivity index is 1.62. The zero-order valence-corrected chi connectivity index (χ0v) is 18.5. The molecular weight excluding hydrogens is 382 g/mol. The number of guanidine groups is 1. The monoisotopic (exact) mass is 417 g/mol. The molecule has 8 heteroatoms. The van der Waals surface area contributed by atoms with Gasteiger partial charge >= 0.3 is 6.09 Å². The van der Waals surface area contributed by atoms with Crippen molar-refractivity contribution in [1.82, 2.24) is 20.0 Å². The molecule has 2 heterocycles. The lowest BCUT2D eigenvalue weighted by Crippen LogP contribution is -2.54. The number of hydrogen-bond donors (Lipinski definition) is 1. The number of methoxy groups -OCH3 is 1. The molecular formula is C22H35N5O3. The lowest BCUT2D eigenvalue weighted by Gasteiger charge is -2.37. The second kappa shape index (κ2) is 11.1. The molecule has 0 aliphatic carbocycles. The van der Waals surface area contributed by atoms with Crippen LogP contribution in [0.1, 0.15) is 31.4 Å². The number of benzene rings is 1. The molecule has 1 aromatic rings. The largest absolute Gasteiger partial charge is 0.497 e. The van der Waals surface area contributed by atoms with Gasteiger partial charge in [0.2, 0.25) is 0 Å². The molecule has 2 aliphatic rings. The normalized spacial score (nSPS) is 19.0. The first-order valence-corrected chi connectivity index (χ1v) is 10.9. The Labute approximate surface area is 179 Å². The minimum Gasteiger partial charge on any atom is -0.497 e. The third kappa shape index (κ3) is 5.56. The fraction of sp³-hybridized carbons (Fsp3) is 0.636. The first-order valence-electron chi connectivity index (χ1n) is 10.9. The molecule has 8 nitrogen and oxygen atoms in total. The summed E-state index contributed by atoms with van der Waals surface area (Å²) in [5.41, 5.74) is 1.26. The maximum Gasteiger partial charge on any atom is 0.409 e. The van der Waals surface area contributed by atoms with Gasteiger partial charge in [-0.15, -0.1) is 0 Å².